The molecule has 0 aliphatic carbocycles. The van der Waals surface area contributed by atoms with Crippen LogP contribution in [0, 0.1) is 0 Å². The Bertz CT molecular complexity index is 146. The summed E-state index contributed by atoms with van der Waals surface area (Å²) in [5.74, 6) is 0.697. The molecule has 0 fully saturated rings. The third kappa shape index (κ3) is 7.90. The molecular formula is C11H23NO2. The van der Waals surface area contributed by atoms with Gasteiger partial charge in [0.05, 0.1) is 7.11 Å². The summed E-state index contributed by atoms with van der Waals surface area (Å²) in [6.45, 7) is 2.23. The van der Waals surface area contributed by atoms with Gasteiger partial charge in [-0.15, -0.1) is 0 Å². The molecule has 0 aromatic carbocycles. The van der Waals surface area contributed by atoms with E-state index in [0.717, 1.165) is 12.8 Å². The van der Waals surface area contributed by atoms with Gasteiger partial charge in [-0.25, -0.2) is 0 Å². The summed E-state index contributed by atoms with van der Waals surface area (Å²) in [7, 11) is 3.18. The van der Waals surface area contributed by atoms with Gasteiger partial charge in [0.25, 0.3) is 0 Å². The van der Waals surface area contributed by atoms with Crippen molar-refractivity contribution in [2.75, 3.05) is 14.2 Å². The van der Waals surface area contributed by atoms with Gasteiger partial charge < -0.3 is 9.57 Å². The van der Waals surface area contributed by atoms with Crippen LogP contribution in [-0.4, -0.2) is 20.1 Å². The third-order valence-corrected chi connectivity index (χ3v) is 2.17. The van der Waals surface area contributed by atoms with Crippen molar-refractivity contribution >= 4 is 5.90 Å². The van der Waals surface area contributed by atoms with Crippen LogP contribution in [0.2, 0.25) is 0 Å². The Hall–Kier alpha value is -0.730. The van der Waals surface area contributed by atoms with E-state index in [1.54, 1.807) is 14.2 Å². The van der Waals surface area contributed by atoms with Crippen LogP contribution in [0.5, 0.6) is 0 Å². The lowest BCUT2D eigenvalue weighted by molar-refractivity contribution is 0.196. The molecular weight excluding hydrogens is 178 g/mol. The first kappa shape index (κ1) is 13.3. The lowest BCUT2D eigenvalue weighted by Crippen LogP contribution is -2.01. The Morgan fingerprint density at radius 2 is 1.64 bits per heavy atom. The van der Waals surface area contributed by atoms with Crippen molar-refractivity contribution in [2.45, 2.75) is 51.9 Å². The Labute approximate surface area is 87.5 Å². The van der Waals surface area contributed by atoms with E-state index in [1.807, 2.05) is 0 Å². The van der Waals surface area contributed by atoms with Gasteiger partial charge in [-0.3, -0.25) is 0 Å². The van der Waals surface area contributed by atoms with Crippen molar-refractivity contribution in [1.82, 2.24) is 0 Å². The number of nitrogens with zero attached hydrogens (tertiary/aromatic N) is 1. The fourth-order valence-electron chi connectivity index (χ4n) is 1.34. The number of hydrogen-bond donors (Lipinski definition) is 0. The Balaban J connectivity index is 3.29. The van der Waals surface area contributed by atoms with E-state index in [9.17, 15) is 0 Å². The van der Waals surface area contributed by atoms with E-state index < -0.39 is 0 Å². The van der Waals surface area contributed by atoms with Crippen LogP contribution in [0.25, 0.3) is 0 Å². The number of unbranched alkanes of at least 4 members (excludes halogenated alkanes) is 5. The molecule has 0 bridgehead atoms. The molecule has 0 saturated heterocycles. The van der Waals surface area contributed by atoms with E-state index in [0.29, 0.717) is 5.90 Å². The van der Waals surface area contributed by atoms with Crippen LogP contribution in [-0.2, 0) is 9.57 Å². The second kappa shape index (κ2) is 10.4. The van der Waals surface area contributed by atoms with Crippen LogP contribution >= 0.6 is 0 Å². The fourth-order valence-corrected chi connectivity index (χ4v) is 1.34. The van der Waals surface area contributed by atoms with Gasteiger partial charge in [0.1, 0.15) is 7.11 Å². The molecule has 84 valence electrons. The largest absolute Gasteiger partial charge is 0.482 e. The summed E-state index contributed by atoms with van der Waals surface area (Å²) in [5.41, 5.74) is 0. The molecule has 0 aromatic rings. The summed E-state index contributed by atoms with van der Waals surface area (Å²) in [4.78, 5) is 4.65. The van der Waals surface area contributed by atoms with Crippen molar-refractivity contribution in [3.8, 4) is 0 Å². The maximum atomic E-state index is 5.04. The highest BCUT2D eigenvalue weighted by molar-refractivity contribution is 5.75. The van der Waals surface area contributed by atoms with Crippen LogP contribution in [0.4, 0.5) is 0 Å². The zero-order valence-electron chi connectivity index (χ0n) is 9.71. The van der Waals surface area contributed by atoms with Crippen LogP contribution in [0.3, 0.4) is 0 Å². The monoisotopic (exact) mass is 201 g/mol. The lowest BCUT2D eigenvalue weighted by atomic mass is 10.1. The van der Waals surface area contributed by atoms with Crippen LogP contribution < -0.4 is 0 Å². The summed E-state index contributed by atoms with van der Waals surface area (Å²) in [6, 6.07) is 0. The summed E-state index contributed by atoms with van der Waals surface area (Å²) < 4.78 is 5.04. The SMILES string of the molecule is CCCCCCCCC(=NOC)OC. The molecule has 0 heterocycles. The molecule has 0 aliphatic rings. The topological polar surface area (TPSA) is 30.8 Å². The minimum atomic E-state index is 0.697. The molecule has 0 radical (unpaired) electrons. The van der Waals surface area contributed by atoms with Crippen molar-refractivity contribution in [2.24, 2.45) is 5.16 Å². The molecule has 0 atom stereocenters. The number of ether oxygens (including phenoxy) is 1. The summed E-state index contributed by atoms with van der Waals surface area (Å²) in [5, 5.41) is 3.77. The number of oxime groups is 1. The molecule has 0 spiro atoms. The predicted octanol–water partition coefficient (Wildman–Crippen LogP) is 3.34. The van der Waals surface area contributed by atoms with Crippen molar-refractivity contribution in [1.29, 1.82) is 0 Å². The minimum absolute atomic E-state index is 0.697. The smallest absolute Gasteiger partial charge is 0.225 e. The predicted molar refractivity (Wildman–Crippen MR) is 59.4 cm³/mol. The van der Waals surface area contributed by atoms with Gasteiger partial charge in [0.15, 0.2) is 0 Å². The first-order chi connectivity index (χ1) is 6.85. The second-order valence-corrected chi connectivity index (χ2v) is 3.39. The van der Waals surface area contributed by atoms with Crippen LogP contribution in [0.1, 0.15) is 51.9 Å². The molecule has 0 amide bonds. The quantitative estimate of drug-likeness (QED) is 0.261. The fraction of sp³-hybridized carbons (Fsp3) is 0.909. The molecule has 0 saturated carbocycles. The lowest BCUT2D eigenvalue weighted by Gasteiger charge is -2.03. The third-order valence-electron chi connectivity index (χ3n) is 2.17. The second-order valence-electron chi connectivity index (χ2n) is 3.39. The first-order valence-corrected chi connectivity index (χ1v) is 5.49. The molecule has 0 aliphatic heterocycles. The maximum Gasteiger partial charge on any atom is 0.225 e. The summed E-state index contributed by atoms with van der Waals surface area (Å²) in [6.07, 6.45) is 8.60. The Morgan fingerprint density at radius 1 is 1.00 bits per heavy atom. The highest BCUT2D eigenvalue weighted by Crippen LogP contribution is 2.07. The highest BCUT2D eigenvalue weighted by atomic mass is 16.6. The van der Waals surface area contributed by atoms with Gasteiger partial charge in [-0.05, 0) is 6.42 Å². The van der Waals surface area contributed by atoms with Crippen molar-refractivity contribution < 1.29 is 9.57 Å². The van der Waals surface area contributed by atoms with Crippen LogP contribution in [0.15, 0.2) is 5.16 Å². The number of rotatable bonds is 8. The maximum absolute atomic E-state index is 5.04. The van der Waals surface area contributed by atoms with Gasteiger partial charge >= 0.3 is 0 Å². The van der Waals surface area contributed by atoms with Crippen molar-refractivity contribution in [3.05, 3.63) is 0 Å². The minimum Gasteiger partial charge on any atom is -0.482 e. The average molecular weight is 201 g/mol. The van der Waals surface area contributed by atoms with E-state index in [4.69, 9.17) is 4.74 Å². The molecule has 0 N–H and O–H groups in total. The number of hydrogen-bond acceptors (Lipinski definition) is 3. The van der Waals surface area contributed by atoms with Gasteiger partial charge in [0, 0.05) is 6.42 Å². The zero-order valence-corrected chi connectivity index (χ0v) is 9.71. The molecule has 0 aromatic heterocycles. The molecule has 0 unspecified atom stereocenters. The van der Waals surface area contributed by atoms with E-state index in [1.165, 1.54) is 32.1 Å². The summed E-state index contributed by atoms with van der Waals surface area (Å²) >= 11 is 0. The van der Waals surface area contributed by atoms with E-state index >= 15 is 0 Å². The van der Waals surface area contributed by atoms with Gasteiger partial charge in [0.2, 0.25) is 5.90 Å². The van der Waals surface area contributed by atoms with Gasteiger partial charge in [-0.1, -0.05) is 44.2 Å². The zero-order chi connectivity index (χ0) is 10.6. The standard InChI is InChI=1S/C11H23NO2/c1-4-5-6-7-8-9-10-11(13-2)12-14-3/h4-10H2,1-3H3. The molecule has 14 heavy (non-hydrogen) atoms. The van der Waals surface area contributed by atoms with E-state index in [-0.39, 0.29) is 0 Å². The normalized spacial score (nSPS) is 11.5. The highest BCUT2D eigenvalue weighted by Gasteiger charge is 1.98. The molecule has 0 rings (SSSR count). The number of methoxy groups -OCH3 is 1. The van der Waals surface area contributed by atoms with E-state index in [2.05, 4.69) is 16.9 Å². The average Bonchev–Trinajstić information content (AvgIpc) is 2.21. The van der Waals surface area contributed by atoms with Crippen molar-refractivity contribution in [3.63, 3.8) is 0 Å². The van der Waals surface area contributed by atoms with Gasteiger partial charge in [-0.2, -0.15) is 0 Å². The Kier molecular flexibility index (Phi) is 9.81. The molecule has 3 nitrogen and oxygen atoms in total. The first-order valence-electron chi connectivity index (χ1n) is 5.49. The Morgan fingerprint density at radius 3 is 2.21 bits per heavy atom. The molecule has 3 heteroatoms.